The number of aliphatic carboxylic acids is 1. The predicted octanol–water partition coefficient (Wildman–Crippen LogP) is 2.30. The van der Waals surface area contributed by atoms with E-state index in [2.05, 4.69) is 4.72 Å². The minimum absolute atomic E-state index is 0.00278. The molecule has 0 aromatic heterocycles. The largest absolute Gasteiger partial charge is 0.493 e. The van der Waals surface area contributed by atoms with Crippen LogP contribution in [0.15, 0.2) is 47.4 Å². The zero-order valence-corrected chi connectivity index (χ0v) is 15.7. The van der Waals surface area contributed by atoms with Gasteiger partial charge in [-0.15, -0.1) is 0 Å². The minimum atomic E-state index is -4.17. The maximum atomic E-state index is 12.9. The van der Waals surface area contributed by atoms with Crippen LogP contribution in [0, 0.1) is 0 Å². The van der Waals surface area contributed by atoms with Crippen molar-refractivity contribution >= 4 is 33.7 Å². The quantitative estimate of drug-likeness (QED) is 0.567. The number of methoxy groups -OCH3 is 2. The second-order valence-electron chi connectivity index (χ2n) is 5.41. The Labute approximate surface area is 160 Å². The first-order valence-electron chi connectivity index (χ1n) is 7.71. The lowest BCUT2D eigenvalue weighted by Crippen LogP contribution is -2.15. The van der Waals surface area contributed by atoms with E-state index in [1.165, 1.54) is 56.7 Å². The molecule has 0 bridgehead atoms. The molecule has 0 heterocycles. The standard InChI is InChI=1S/C18H17NO8S/c1-26-14-9-11(3-8-16(20)21)10-15(17(14)27-2)28(24,25)19-13-6-4-12(5-7-13)18(22)23/h3-10,19H,1-2H3,(H,20,21)(H,22,23)/b8-3-. The van der Waals surface area contributed by atoms with Crippen molar-refractivity contribution in [3.8, 4) is 11.5 Å². The van der Waals surface area contributed by atoms with Gasteiger partial charge in [0.2, 0.25) is 0 Å². The lowest BCUT2D eigenvalue weighted by atomic mass is 10.2. The SMILES string of the molecule is COc1cc(/C=C\C(=O)O)cc(S(=O)(=O)Nc2ccc(C(=O)O)cc2)c1OC. The Kier molecular flexibility index (Phi) is 6.26. The van der Waals surface area contributed by atoms with Crippen LogP contribution in [0.5, 0.6) is 11.5 Å². The van der Waals surface area contributed by atoms with E-state index in [1.54, 1.807) is 0 Å². The summed E-state index contributed by atoms with van der Waals surface area (Å²) in [6.45, 7) is 0. The first kappa shape index (κ1) is 20.8. The third kappa shape index (κ3) is 4.80. The van der Waals surface area contributed by atoms with Crippen LogP contribution in [-0.2, 0) is 14.8 Å². The molecule has 0 aliphatic rings. The minimum Gasteiger partial charge on any atom is -0.493 e. The number of benzene rings is 2. The van der Waals surface area contributed by atoms with Gasteiger partial charge in [-0.1, -0.05) is 0 Å². The third-order valence-electron chi connectivity index (χ3n) is 3.56. The summed E-state index contributed by atoms with van der Waals surface area (Å²) in [5.41, 5.74) is 0.405. The Morgan fingerprint density at radius 3 is 2.18 bits per heavy atom. The highest BCUT2D eigenvalue weighted by molar-refractivity contribution is 7.92. The molecule has 28 heavy (non-hydrogen) atoms. The van der Waals surface area contributed by atoms with E-state index in [-0.39, 0.29) is 33.2 Å². The number of hydrogen-bond donors (Lipinski definition) is 3. The fraction of sp³-hybridized carbons (Fsp3) is 0.111. The number of hydrogen-bond acceptors (Lipinski definition) is 6. The molecule has 0 aliphatic carbocycles. The molecule has 0 atom stereocenters. The Balaban J connectivity index is 2.51. The molecule has 0 spiro atoms. The number of carboxylic acids is 2. The fourth-order valence-corrected chi connectivity index (χ4v) is 3.58. The number of nitrogens with one attached hydrogen (secondary N) is 1. The molecule has 0 radical (unpaired) electrons. The Morgan fingerprint density at radius 2 is 1.68 bits per heavy atom. The summed E-state index contributed by atoms with van der Waals surface area (Å²) in [5.74, 6) is -2.31. The maximum absolute atomic E-state index is 12.9. The molecule has 0 saturated heterocycles. The van der Waals surface area contributed by atoms with Gasteiger partial charge in [-0.25, -0.2) is 18.0 Å². The average molecular weight is 407 g/mol. The zero-order valence-electron chi connectivity index (χ0n) is 14.9. The van der Waals surface area contributed by atoms with E-state index in [1.807, 2.05) is 0 Å². The lowest BCUT2D eigenvalue weighted by Gasteiger charge is -2.15. The van der Waals surface area contributed by atoms with Gasteiger partial charge >= 0.3 is 11.9 Å². The number of ether oxygens (including phenoxy) is 2. The highest BCUT2D eigenvalue weighted by atomic mass is 32.2. The van der Waals surface area contributed by atoms with Gasteiger partial charge in [0.15, 0.2) is 11.5 Å². The molecule has 0 fully saturated rings. The summed E-state index contributed by atoms with van der Waals surface area (Å²) in [7, 11) is -1.58. The smallest absolute Gasteiger partial charge is 0.335 e. The molecule has 0 amide bonds. The average Bonchev–Trinajstić information content (AvgIpc) is 2.65. The van der Waals surface area contributed by atoms with Crippen molar-refractivity contribution in [3.63, 3.8) is 0 Å². The number of carboxylic acid groups (broad SMARTS) is 2. The summed E-state index contributed by atoms with van der Waals surface area (Å²) in [4.78, 5) is 21.4. The van der Waals surface area contributed by atoms with E-state index in [0.717, 1.165) is 6.08 Å². The van der Waals surface area contributed by atoms with Crippen LogP contribution < -0.4 is 14.2 Å². The fourth-order valence-electron chi connectivity index (χ4n) is 2.30. The maximum Gasteiger partial charge on any atom is 0.335 e. The van der Waals surface area contributed by atoms with Crippen LogP contribution in [0.2, 0.25) is 0 Å². The molecule has 148 valence electrons. The number of anilines is 1. The molecule has 3 N–H and O–H groups in total. The van der Waals surface area contributed by atoms with Crippen molar-refractivity contribution in [1.29, 1.82) is 0 Å². The molecule has 2 rings (SSSR count). The Morgan fingerprint density at radius 1 is 1.04 bits per heavy atom. The van der Waals surface area contributed by atoms with Gasteiger partial charge in [0.1, 0.15) is 4.90 Å². The molecular formula is C18H17NO8S. The summed E-state index contributed by atoms with van der Waals surface area (Å²) in [6.07, 6.45) is 2.07. The van der Waals surface area contributed by atoms with Crippen LogP contribution in [0.4, 0.5) is 5.69 Å². The van der Waals surface area contributed by atoms with Gasteiger partial charge in [0, 0.05) is 11.8 Å². The van der Waals surface area contributed by atoms with Gasteiger partial charge in [0.05, 0.1) is 19.8 Å². The molecular weight excluding hydrogens is 390 g/mol. The second kappa shape index (κ2) is 8.44. The molecule has 0 saturated carbocycles. The molecule has 10 heteroatoms. The van der Waals surface area contributed by atoms with E-state index in [4.69, 9.17) is 19.7 Å². The number of rotatable bonds is 8. The molecule has 2 aromatic carbocycles. The van der Waals surface area contributed by atoms with Crippen LogP contribution in [-0.4, -0.2) is 44.8 Å². The van der Waals surface area contributed by atoms with Crippen LogP contribution in [0.25, 0.3) is 6.08 Å². The predicted molar refractivity (Wildman–Crippen MR) is 100 cm³/mol. The highest BCUT2D eigenvalue weighted by Gasteiger charge is 2.24. The summed E-state index contributed by atoms with van der Waals surface area (Å²) in [5, 5.41) is 17.7. The van der Waals surface area contributed by atoms with Gasteiger partial charge < -0.3 is 19.7 Å². The lowest BCUT2D eigenvalue weighted by molar-refractivity contribution is -0.131. The first-order valence-corrected chi connectivity index (χ1v) is 9.19. The zero-order chi connectivity index (χ0) is 20.9. The van der Waals surface area contributed by atoms with Crippen molar-refractivity contribution in [3.05, 3.63) is 53.6 Å². The highest BCUT2D eigenvalue weighted by Crippen LogP contribution is 2.36. The molecule has 9 nitrogen and oxygen atoms in total. The van der Waals surface area contributed by atoms with Crippen LogP contribution >= 0.6 is 0 Å². The van der Waals surface area contributed by atoms with Crippen molar-refractivity contribution in [2.24, 2.45) is 0 Å². The monoisotopic (exact) mass is 407 g/mol. The number of carbonyl (C=O) groups is 2. The number of sulfonamides is 1. The summed E-state index contributed by atoms with van der Waals surface area (Å²) in [6, 6.07) is 7.78. The Bertz CT molecular complexity index is 1030. The van der Waals surface area contributed by atoms with E-state index >= 15 is 0 Å². The van der Waals surface area contributed by atoms with Crippen molar-refractivity contribution in [1.82, 2.24) is 0 Å². The van der Waals surface area contributed by atoms with Crippen molar-refractivity contribution in [2.45, 2.75) is 4.90 Å². The van der Waals surface area contributed by atoms with E-state index in [0.29, 0.717) is 0 Å². The van der Waals surface area contributed by atoms with Gasteiger partial charge in [0.25, 0.3) is 10.0 Å². The van der Waals surface area contributed by atoms with E-state index < -0.39 is 22.0 Å². The molecule has 2 aromatic rings. The van der Waals surface area contributed by atoms with Crippen LogP contribution in [0.1, 0.15) is 15.9 Å². The van der Waals surface area contributed by atoms with E-state index in [9.17, 15) is 18.0 Å². The molecule has 0 aliphatic heterocycles. The van der Waals surface area contributed by atoms with Crippen molar-refractivity contribution in [2.75, 3.05) is 18.9 Å². The van der Waals surface area contributed by atoms with Crippen molar-refractivity contribution < 1.29 is 37.7 Å². The van der Waals surface area contributed by atoms with Gasteiger partial charge in [-0.05, 0) is 48.0 Å². The Hall–Kier alpha value is -3.53. The normalized spacial score (nSPS) is 11.2. The van der Waals surface area contributed by atoms with Gasteiger partial charge in [-0.2, -0.15) is 0 Å². The number of aromatic carboxylic acids is 1. The first-order chi connectivity index (χ1) is 13.2. The summed E-state index contributed by atoms with van der Waals surface area (Å²) < 4.78 is 38.3. The third-order valence-corrected chi connectivity index (χ3v) is 4.95. The van der Waals surface area contributed by atoms with Gasteiger partial charge in [-0.3, -0.25) is 4.72 Å². The van der Waals surface area contributed by atoms with Crippen LogP contribution in [0.3, 0.4) is 0 Å². The second-order valence-corrected chi connectivity index (χ2v) is 7.06. The summed E-state index contributed by atoms with van der Waals surface area (Å²) >= 11 is 0. The molecule has 0 unspecified atom stereocenters. The topological polar surface area (TPSA) is 139 Å².